The van der Waals surface area contributed by atoms with Crippen LogP contribution in [-0.2, 0) is 14.3 Å². The van der Waals surface area contributed by atoms with Crippen LogP contribution in [0.1, 0.15) is 47.0 Å². The Morgan fingerprint density at radius 3 is 2.53 bits per heavy atom. The average Bonchev–Trinajstić information content (AvgIpc) is 2.72. The minimum absolute atomic E-state index is 0.130. The van der Waals surface area contributed by atoms with E-state index in [-0.39, 0.29) is 11.6 Å². The molecule has 1 aliphatic heterocycles. The molecule has 0 amide bonds. The van der Waals surface area contributed by atoms with Crippen LogP contribution in [-0.4, -0.2) is 36.9 Å². The highest BCUT2D eigenvalue weighted by molar-refractivity contribution is 5.81. The molecule has 1 N–H and O–H groups in total. The summed E-state index contributed by atoms with van der Waals surface area (Å²) < 4.78 is 10.8. The van der Waals surface area contributed by atoms with E-state index >= 15 is 0 Å². The van der Waals surface area contributed by atoms with Gasteiger partial charge in [0.05, 0.1) is 12.2 Å². The van der Waals surface area contributed by atoms with Gasteiger partial charge >= 0.3 is 5.97 Å². The monoisotopic (exact) mass is 243 g/mol. The van der Waals surface area contributed by atoms with Crippen LogP contribution in [0.2, 0.25) is 0 Å². The molecule has 1 aliphatic rings. The summed E-state index contributed by atoms with van der Waals surface area (Å²) in [5.74, 6) is -0.130. The van der Waals surface area contributed by atoms with Crippen molar-refractivity contribution < 1.29 is 14.3 Å². The van der Waals surface area contributed by atoms with Crippen LogP contribution < -0.4 is 5.32 Å². The summed E-state index contributed by atoms with van der Waals surface area (Å²) in [5.41, 5.74) is -0.623. The van der Waals surface area contributed by atoms with Crippen molar-refractivity contribution in [3.8, 4) is 0 Å². The van der Waals surface area contributed by atoms with Gasteiger partial charge in [0.15, 0.2) is 0 Å². The van der Waals surface area contributed by atoms with E-state index in [1.165, 1.54) is 0 Å². The zero-order valence-corrected chi connectivity index (χ0v) is 11.5. The Hall–Kier alpha value is -0.610. The molecule has 1 fully saturated rings. The molecule has 0 aliphatic carbocycles. The van der Waals surface area contributed by atoms with E-state index in [1.54, 1.807) is 0 Å². The molecule has 0 saturated carbocycles. The summed E-state index contributed by atoms with van der Waals surface area (Å²) in [5, 5.41) is 3.26. The summed E-state index contributed by atoms with van der Waals surface area (Å²) in [7, 11) is 0. The van der Waals surface area contributed by atoms with Crippen molar-refractivity contribution in [1.29, 1.82) is 0 Å². The maximum absolute atomic E-state index is 12.0. The molecular formula is C13H25NO3. The number of ether oxygens (including phenoxy) is 2. The highest BCUT2D eigenvalue weighted by Gasteiger charge is 2.40. The molecule has 1 unspecified atom stereocenters. The molecule has 100 valence electrons. The van der Waals surface area contributed by atoms with E-state index in [4.69, 9.17) is 9.47 Å². The van der Waals surface area contributed by atoms with E-state index < -0.39 is 5.54 Å². The van der Waals surface area contributed by atoms with Crippen LogP contribution in [0.4, 0.5) is 0 Å². The zero-order valence-electron chi connectivity index (χ0n) is 11.5. The number of hydrogen-bond donors (Lipinski definition) is 1. The summed E-state index contributed by atoms with van der Waals surface area (Å²) >= 11 is 0. The van der Waals surface area contributed by atoms with Gasteiger partial charge in [0, 0.05) is 0 Å². The van der Waals surface area contributed by atoms with Gasteiger partial charge in [-0.15, -0.1) is 0 Å². The van der Waals surface area contributed by atoms with Crippen molar-refractivity contribution >= 4 is 5.97 Å². The second-order valence-corrected chi connectivity index (χ2v) is 5.56. The summed E-state index contributed by atoms with van der Waals surface area (Å²) in [6.07, 6.45) is 2.70. The fourth-order valence-corrected chi connectivity index (χ4v) is 2.05. The first-order chi connectivity index (χ1) is 7.90. The Balaban J connectivity index is 2.29. The topological polar surface area (TPSA) is 47.6 Å². The molecular weight excluding hydrogens is 218 g/mol. The second kappa shape index (κ2) is 5.83. The molecule has 1 heterocycles. The van der Waals surface area contributed by atoms with E-state index in [0.717, 1.165) is 25.8 Å². The SMILES string of the molecule is CCC1(C(=O)OCCOC(C)(C)C)CCCN1. The second-order valence-electron chi connectivity index (χ2n) is 5.56. The third-order valence-electron chi connectivity index (χ3n) is 3.09. The zero-order chi connectivity index (χ0) is 12.9. The Kier molecular flexibility index (Phi) is 4.95. The molecule has 0 bridgehead atoms. The molecule has 0 radical (unpaired) electrons. The third-order valence-corrected chi connectivity index (χ3v) is 3.09. The van der Waals surface area contributed by atoms with Gasteiger partial charge in [-0.25, -0.2) is 0 Å². The van der Waals surface area contributed by atoms with Crippen molar-refractivity contribution in [3.05, 3.63) is 0 Å². The normalized spacial score (nSPS) is 24.9. The van der Waals surface area contributed by atoms with Crippen LogP contribution in [0.3, 0.4) is 0 Å². The van der Waals surface area contributed by atoms with Crippen LogP contribution in [0.15, 0.2) is 0 Å². The third kappa shape index (κ3) is 4.28. The molecule has 4 nitrogen and oxygen atoms in total. The lowest BCUT2D eigenvalue weighted by atomic mass is 9.94. The first-order valence-corrected chi connectivity index (χ1v) is 6.46. The van der Waals surface area contributed by atoms with Gasteiger partial charge in [-0.2, -0.15) is 0 Å². The summed E-state index contributed by atoms with van der Waals surface area (Å²) in [6, 6.07) is 0. The molecule has 0 spiro atoms. The van der Waals surface area contributed by atoms with Crippen molar-refractivity contribution in [2.75, 3.05) is 19.8 Å². The standard InChI is InChI=1S/C13H25NO3/c1-5-13(7-6-8-14-13)11(15)16-9-10-17-12(2,3)4/h14H,5-10H2,1-4H3. The highest BCUT2D eigenvalue weighted by Crippen LogP contribution is 2.24. The lowest BCUT2D eigenvalue weighted by Crippen LogP contribution is -2.48. The first kappa shape index (κ1) is 14.5. The molecule has 0 aromatic carbocycles. The van der Waals surface area contributed by atoms with Crippen molar-refractivity contribution in [2.45, 2.75) is 58.1 Å². The molecule has 0 aromatic rings. The van der Waals surface area contributed by atoms with Gasteiger partial charge in [0.1, 0.15) is 12.1 Å². The number of esters is 1. The van der Waals surface area contributed by atoms with Crippen LogP contribution >= 0.6 is 0 Å². The molecule has 0 aromatic heterocycles. The van der Waals surface area contributed by atoms with Crippen molar-refractivity contribution in [1.82, 2.24) is 5.32 Å². The van der Waals surface area contributed by atoms with Crippen LogP contribution in [0, 0.1) is 0 Å². The van der Waals surface area contributed by atoms with Gasteiger partial charge in [-0.1, -0.05) is 6.92 Å². The Morgan fingerprint density at radius 2 is 2.06 bits per heavy atom. The molecule has 1 saturated heterocycles. The number of hydrogen-bond acceptors (Lipinski definition) is 4. The lowest BCUT2D eigenvalue weighted by Gasteiger charge is -2.26. The quantitative estimate of drug-likeness (QED) is 0.591. The predicted molar refractivity (Wildman–Crippen MR) is 66.9 cm³/mol. The minimum Gasteiger partial charge on any atom is -0.462 e. The Morgan fingerprint density at radius 1 is 1.35 bits per heavy atom. The van der Waals surface area contributed by atoms with E-state index in [1.807, 2.05) is 27.7 Å². The minimum atomic E-state index is -0.443. The molecule has 4 heteroatoms. The van der Waals surface area contributed by atoms with Gasteiger partial charge in [-0.3, -0.25) is 4.79 Å². The van der Waals surface area contributed by atoms with Gasteiger partial charge in [0.2, 0.25) is 0 Å². The number of carbonyl (C=O) groups is 1. The lowest BCUT2D eigenvalue weighted by molar-refractivity contribution is -0.154. The fraction of sp³-hybridized carbons (Fsp3) is 0.923. The van der Waals surface area contributed by atoms with Crippen LogP contribution in [0.25, 0.3) is 0 Å². The van der Waals surface area contributed by atoms with E-state index in [9.17, 15) is 4.79 Å². The fourth-order valence-electron chi connectivity index (χ4n) is 2.05. The average molecular weight is 243 g/mol. The molecule has 1 rings (SSSR count). The van der Waals surface area contributed by atoms with E-state index in [0.29, 0.717) is 13.2 Å². The number of rotatable bonds is 5. The highest BCUT2D eigenvalue weighted by atomic mass is 16.6. The number of carbonyl (C=O) groups excluding carboxylic acids is 1. The Bertz CT molecular complexity index is 252. The van der Waals surface area contributed by atoms with Crippen LogP contribution in [0.5, 0.6) is 0 Å². The van der Waals surface area contributed by atoms with Gasteiger partial charge < -0.3 is 14.8 Å². The van der Waals surface area contributed by atoms with Crippen molar-refractivity contribution in [2.24, 2.45) is 0 Å². The Labute approximate surface area is 104 Å². The molecule has 1 atom stereocenters. The van der Waals surface area contributed by atoms with Gasteiger partial charge in [-0.05, 0) is 46.6 Å². The first-order valence-electron chi connectivity index (χ1n) is 6.46. The maximum atomic E-state index is 12.0. The van der Waals surface area contributed by atoms with Gasteiger partial charge in [0.25, 0.3) is 0 Å². The largest absolute Gasteiger partial charge is 0.462 e. The summed E-state index contributed by atoms with van der Waals surface area (Å²) in [6.45, 7) is 9.67. The molecule has 17 heavy (non-hydrogen) atoms. The predicted octanol–water partition coefficient (Wildman–Crippen LogP) is 1.88. The number of nitrogens with one attached hydrogen (secondary N) is 1. The van der Waals surface area contributed by atoms with Crippen molar-refractivity contribution in [3.63, 3.8) is 0 Å². The summed E-state index contributed by atoms with van der Waals surface area (Å²) in [4.78, 5) is 12.0. The maximum Gasteiger partial charge on any atom is 0.326 e. The smallest absolute Gasteiger partial charge is 0.326 e. The van der Waals surface area contributed by atoms with E-state index in [2.05, 4.69) is 5.32 Å².